The summed E-state index contributed by atoms with van der Waals surface area (Å²) < 4.78 is 19.4. The third kappa shape index (κ3) is 20.8. The van der Waals surface area contributed by atoms with Crippen LogP contribution in [0.3, 0.4) is 0 Å². The molecule has 0 aliphatic rings. The third-order valence-corrected chi connectivity index (χ3v) is 15.5. The second kappa shape index (κ2) is 27.1. The van der Waals surface area contributed by atoms with E-state index in [-0.39, 0.29) is 38.9 Å². The smallest absolute Gasteiger partial charge is 0.307 e. The number of carbonyl (C=O) groups excluding carboxylic acids is 3. The fraction of sp³-hybridized carbons (Fsp3) is 0.368. The number of hydrogen-bond donors (Lipinski definition) is 0. The Morgan fingerprint density at radius 3 is 1.15 bits per heavy atom. The van der Waals surface area contributed by atoms with Crippen molar-refractivity contribution in [3.05, 3.63) is 108 Å². The number of rotatable bonds is 21. The van der Waals surface area contributed by atoms with Crippen LogP contribution in [0.2, 0.25) is 0 Å². The van der Waals surface area contributed by atoms with E-state index in [0.29, 0.717) is 17.3 Å². The van der Waals surface area contributed by atoms with Gasteiger partial charge >= 0.3 is 17.9 Å². The quantitative estimate of drug-likeness (QED) is 0.0578. The molecular weight excluding hydrogens is 841 g/mol. The molecule has 0 atom stereocenters. The van der Waals surface area contributed by atoms with Crippen molar-refractivity contribution in [1.82, 2.24) is 0 Å². The van der Waals surface area contributed by atoms with Crippen LogP contribution < -0.4 is 0 Å². The van der Waals surface area contributed by atoms with Gasteiger partial charge < -0.3 is 14.2 Å². The summed E-state index contributed by atoms with van der Waals surface area (Å²) in [5.41, 5.74) is 2.18. The van der Waals surface area contributed by atoms with Crippen molar-refractivity contribution in [1.29, 1.82) is 0 Å². The van der Waals surface area contributed by atoms with Crippen molar-refractivity contribution >= 4 is 136 Å². The lowest BCUT2D eigenvalue weighted by Crippen LogP contribution is -2.45. The summed E-state index contributed by atoms with van der Waals surface area (Å²) >= 11 is 25.3. The van der Waals surface area contributed by atoms with Gasteiger partial charge in [-0.15, -0.1) is 70.6 Å². The molecule has 284 valence electrons. The number of ether oxygens (including phenoxy) is 3. The molecule has 0 aromatic heterocycles. The maximum absolute atomic E-state index is 13.1. The molecule has 6 nitrogen and oxygen atoms in total. The first-order valence-electron chi connectivity index (χ1n) is 16.7. The molecule has 0 saturated carbocycles. The van der Waals surface area contributed by atoms with E-state index in [1.54, 1.807) is 42.2 Å². The van der Waals surface area contributed by atoms with Gasteiger partial charge in [0.2, 0.25) is 0 Å². The van der Waals surface area contributed by atoms with Gasteiger partial charge in [0.25, 0.3) is 0 Å². The van der Waals surface area contributed by atoms with Crippen LogP contribution >= 0.6 is 107 Å². The Morgan fingerprint density at radius 1 is 0.509 bits per heavy atom. The maximum Gasteiger partial charge on any atom is 0.307 e. The van der Waals surface area contributed by atoms with Gasteiger partial charge in [0.15, 0.2) is 5.60 Å². The highest BCUT2D eigenvalue weighted by atomic mass is 32.2. The third-order valence-electron chi connectivity index (χ3n) is 7.14. The van der Waals surface area contributed by atoms with Crippen LogP contribution in [0.1, 0.15) is 49.3 Å². The molecule has 0 fully saturated rings. The van der Waals surface area contributed by atoms with Crippen LogP contribution in [0.4, 0.5) is 0 Å². The van der Waals surface area contributed by atoms with Gasteiger partial charge in [-0.2, -0.15) is 0 Å². The fourth-order valence-corrected chi connectivity index (χ4v) is 10.5. The van der Waals surface area contributed by atoms with Gasteiger partial charge in [-0.05, 0) is 23.1 Å². The fourth-order valence-electron chi connectivity index (χ4n) is 4.17. The molecule has 0 radical (unpaired) electrons. The van der Waals surface area contributed by atoms with E-state index in [9.17, 15) is 14.4 Å². The van der Waals surface area contributed by atoms with Gasteiger partial charge in [-0.25, -0.2) is 0 Å². The molecule has 0 amide bonds. The van der Waals surface area contributed by atoms with Gasteiger partial charge in [0, 0.05) is 34.5 Å². The molecule has 3 rings (SSSR count). The number of carbonyl (C=O) groups is 3. The SMILES string of the molecule is CCC(COC(=O)CCSC(=S)SCc1ccccc1)(COC(=O)CCSC(=S)SCc1ccccc1)OC(=O)CCSC(=S)SCc1ccccc1. The van der Waals surface area contributed by atoms with E-state index in [1.165, 1.54) is 52.0 Å². The van der Waals surface area contributed by atoms with Crippen LogP contribution in [-0.2, 0) is 45.9 Å². The molecule has 0 saturated heterocycles. The zero-order chi connectivity index (χ0) is 38.2. The molecule has 3 aromatic carbocycles. The summed E-state index contributed by atoms with van der Waals surface area (Å²) in [5.74, 6) is 2.20. The molecular formula is C38H42O6S9. The normalized spacial score (nSPS) is 11.0. The highest BCUT2D eigenvalue weighted by Crippen LogP contribution is 2.26. The summed E-state index contributed by atoms with van der Waals surface area (Å²) in [7, 11) is 0. The average Bonchev–Trinajstić information content (AvgIpc) is 3.17. The van der Waals surface area contributed by atoms with Crippen LogP contribution in [0, 0.1) is 0 Å². The Kier molecular flexibility index (Phi) is 23.4. The number of thioether (sulfide) groups is 6. The minimum absolute atomic E-state index is 0.0871. The van der Waals surface area contributed by atoms with Gasteiger partial charge in [0.1, 0.15) is 23.8 Å². The van der Waals surface area contributed by atoms with E-state index in [4.69, 9.17) is 50.9 Å². The van der Waals surface area contributed by atoms with Crippen LogP contribution in [0.15, 0.2) is 91.0 Å². The Hall–Kier alpha value is -1.56. The van der Waals surface area contributed by atoms with E-state index >= 15 is 0 Å². The van der Waals surface area contributed by atoms with Crippen molar-refractivity contribution in [2.24, 2.45) is 0 Å². The Labute approximate surface area is 354 Å². The van der Waals surface area contributed by atoms with Crippen molar-refractivity contribution < 1.29 is 28.6 Å². The highest BCUT2D eigenvalue weighted by Gasteiger charge is 2.36. The molecule has 3 aromatic rings. The maximum atomic E-state index is 13.1. The van der Waals surface area contributed by atoms with Crippen LogP contribution in [0.25, 0.3) is 0 Å². The number of thiocarbonyl (C=S) groups is 3. The molecule has 0 aliphatic carbocycles. The monoisotopic (exact) mass is 882 g/mol. The topological polar surface area (TPSA) is 78.9 Å². The Balaban J connectivity index is 1.46. The predicted molar refractivity (Wildman–Crippen MR) is 243 cm³/mol. The Bertz CT molecular complexity index is 1520. The van der Waals surface area contributed by atoms with Crippen molar-refractivity contribution in [3.8, 4) is 0 Å². The average molecular weight is 883 g/mol. The van der Waals surface area contributed by atoms with Crippen molar-refractivity contribution in [2.75, 3.05) is 30.5 Å². The van der Waals surface area contributed by atoms with Crippen LogP contribution in [-0.4, -0.2) is 64.6 Å². The van der Waals surface area contributed by atoms with E-state index < -0.39 is 23.5 Å². The molecule has 0 unspecified atom stereocenters. The van der Waals surface area contributed by atoms with Crippen molar-refractivity contribution in [3.63, 3.8) is 0 Å². The number of esters is 3. The van der Waals surface area contributed by atoms with E-state index in [1.807, 2.05) is 91.0 Å². The van der Waals surface area contributed by atoms with Crippen LogP contribution in [0.5, 0.6) is 0 Å². The largest absolute Gasteiger partial charge is 0.461 e. The van der Waals surface area contributed by atoms with Gasteiger partial charge in [0.05, 0.1) is 19.3 Å². The molecule has 15 heteroatoms. The second-order valence-electron chi connectivity index (χ2n) is 11.2. The summed E-state index contributed by atoms with van der Waals surface area (Å²) in [6.45, 7) is 1.31. The zero-order valence-corrected chi connectivity index (χ0v) is 36.6. The zero-order valence-electron chi connectivity index (χ0n) is 29.3. The molecule has 0 N–H and O–H groups in total. The molecule has 0 spiro atoms. The van der Waals surface area contributed by atoms with Gasteiger partial charge in [-0.1, -0.05) is 135 Å². The predicted octanol–water partition coefficient (Wildman–Crippen LogP) is 10.8. The summed E-state index contributed by atoms with van der Waals surface area (Å²) in [5, 5.41) is 0. The lowest BCUT2D eigenvalue weighted by atomic mass is 10.0. The van der Waals surface area contributed by atoms with E-state index in [2.05, 4.69) is 0 Å². The molecule has 0 heterocycles. The molecule has 0 aliphatic heterocycles. The first kappa shape index (κ1) is 45.8. The first-order chi connectivity index (χ1) is 25.7. The highest BCUT2D eigenvalue weighted by molar-refractivity contribution is 8.47. The standard InChI is InChI=1S/C38H42O6S9/c1-2-38(44-34(41)20-23-50-37(47)53-26-31-16-10-5-11-17-31,27-42-32(39)18-21-48-35(45)51-24-29-12-6-3-7-13-29)28-43-33(40)19-22-49-36(46)52-25-30-14-8-4-9-15-30/h3-17H,2,18-28H2,1H3. The summed E-state index contributed by atoms with van der Waals surface area (Å²) in [6.07, 6.45) is 0.599. The minimum atomic E-state index is -1.34. The molecule has 0 bridgehead atoms. The lowest BCUT2D eigenvalue weighted by molar-refractivity contribution is -0.184. The van der Waals surface area contributed by atoms with Gasteiger partial charge in [-0.3, -0.25) is 14.4 Å². The minimum Gasteiger partial charge on any atom is -0.461 e. The molecule has 53 heavy (non-hydrogen) atoms. The number of benzene rings is 3. The second-order valence-corrected chi connectivity index (χ2v) is 21.0. The summed E-state index contributed by atoms with van der Waals surface area (Å²) in [4.78, 5) is 38.6. The summed E-state index contributed by atoms with van der Waals surface area (Å²) in [6, 6.07) is 30.1. The lowest BCUT2D eigenvalue weighted by Gasteiger charge is -2.31. The van der Waals surface area contributed by atoms with E-state index in [0.717, 1.165) is 27.8 Å². The first-order valence-corrected chi connectivity index (χ1v) is 23.8. The number of hydrogen-bond acceptors (Lipinski definition) is 15. The Morgan fingerprint density at radius 2 is 0.830 bits per heavy atom. The van der Waals surface area contributed by atoms with Crippen molar-refractivity contribution in [2.45, 2.75) is 55.5 Å².